The maximum Gasteiger partial charge on any atom is 0.272 e. The zero-order valence-electron chi connectivity index (χ0n) is 23.5. The van der Waals surface area contributed by atoms with Crippen molar-refractivity contribution in [2.75, 3.05) is 32.4 Å². The molecule has 2 amide bonds. The molecule has 2 saturated heterocycles. The quantitative estimate of drug-likeness (QED) is 0.424. The van der Waals surface area contributed by atoms with Gasteiger partial charge in [-0.2, -0.15) is 0 Å². The minimum absolute atomic E-state index is 0.0596. The van der Waals surface area contributed by atoms with Crippen LogP contribution in [0.2, 0.25) is 0 Å². The van der Waals surface area contributed by atoms with E-state index in [1.165, 1.54) is 30.5 Å². The first-order valence-corrected chi connectivity index (χ1v) is 16.0. The molecule has 0 unspecified atom stereocenters. The van der Waals surface area contributed by atoms with Crippen molar-refractivity contribution in [1.82, 2.24) is 20.1 Å². The normalized spacial score (nSPS) is 17.1. The third-order valence-corrected chi connectivity index (χ3v) is 8.90. The van der Waals surface area contributed by atoms with Crippen LogP contribution in [0.5, 0.6) is 5.75 Å². The highest BCUT2D eigenvalue weighted by molar-refractivity contribution is 7.90. The van der Waals surface area contributed by atoms with E-state index >= 15 is 0 Å². The molecule has 3 heterocycles. The fraction of sp³-hybridized carbons (Fsp3) is 0.387. The smallest absolute Gasteiger partial charge is 0.272 e. The van der Waals surface area contributed by atoms with Gasteiger partial charge in [0.05, 0.1) is 10.5 Å². The monoisotopic (exact) mass is 594 g/mol. The van der Waals surface area contributed by atoms with Gasteiger partial charge in [0.25, 0.3) is 11.8 Å². The molecule has 5 rings (SSSR count). The predicted molar refractivity (Wildman–Crippen MR) is 156 cm³/mol. The number of hydrogen-bond acceptors (Lipinski definition) is 7. The number of nitrogens with zero attached hydrogens (tertiary/aromatic N) is 3. The van der Waals surface area contributed by atoms with E-state index in [1.807, 2.05) is 0 Å². The molecule has 2 aliphatic heterocycles. The van der Waals surface area contributed by atoms with Gasteiger partial charge >= 0.3 is 0 Å². The first-order valence-electron chi connectivity index (χ1n) is 14.1. The lowest BCUT2D eigenvalue weighted by Gasteiger charge is -2.32. The fourth-order valence-electron chi connectivity index (χ4n) is 5.30. The molecule has 0 saturated carbocycles. The number of pyridine rings is 1. The Morgan fingerprint density at radius 2 is 1.60 bits per heavy atom. The van der Waals surface area contributed by atoms with Crippen LogP contribution in [-0.2, 0) is 16.4 Å². The van der Waals surface area contributed by atoms with Crippen LogP contribution in [-0.4, -0.2) is 79.6 Å². The number of hydrogen-bond donors (Lipinski definition) is 1. The Kier molecular flexibility index (Phi) is 9.18. The average molecular weight is 595 g/mol. The Labute approximate surface area is 245 Å². The number of sulfone groups is 1. The summed E-state index contributed by atoms with van der Waals surface area (Å²) in [5, 5.41) is 3.08. The van der Waals surface area contributed by atoms with Gasteiger partial charge in [0.2, 0.25) is 0 Å². The molecule has 0 aliphatic carbocycles. The molecule has 0 spiro atoms. The van der Waals surface area contributed by atoms with Gasteiger partial charge in [-0.15, -0.1) is 0 Å². The van der Waals surface area contributed by atoms with Crippen LogP contribution < -0.4 is 10.1 Å². The molecule has 1 N–H and O–H groups in total. The molecule has 3 aromatic rings. The molecule has 1 aromatic heterocycles. The third-order valence-electron chi connectivity index (χ3n) is 7.77. The molecule has 2 fully saturated rings. The van der Waals surface area contributed by atoms with Gasteiger partial charge in [0.1, 0.15) is 23.4 Å². The van der Waals surface area contributed by atoms with Crippen LogP contribution in [0.4, 0.5) is 4.39 Å². The van der Waals surface area contributed by atoms with Gasteiger partial charge in [-0.05, 0) is 66.9 Å². The molecule has 42 heavy (non-hydrogen) atoms. The molecule has 0 radical (unpaired) electrons. The van der Waals surface area contributed by atoms with E-state index in [0.717, 1.165) is 44.3 Å². The lowest BCUT2D eigenvalue weighted by molar-refractivity contribution is 0.0589. The zero-order chi connectivity index (χ0) is 29.7. The van der Waals surface area contributed by atoms with E-state index in [9.17, 15) is 22.4 Å². The van der Waals surface area contributed by atoms with Gasteiger partial charge in [-0.1, -0.05) is 12.1 Å². The Morgan fingerprint density at radius 1 is 0.929 bits per heavy atom. The zero-order valence-corrected chi connectivity index (χ0v) is 24.4. The third kappa shape index (κ3) is 7.71. The van der Waals surface area contributed by atoms with Crippen LogP contribution in [0.25, 0.3) is 0 Å². The Balaban J connectivity index is 1.05. The van der Waals surface area contributed by atoms with E-state index < -0.39 is 9.84 Å². The number of piperidine rings is 2. The number of amides is 2. The average Bonchev–Trinajstić information content (AvgIpc) is 2.99. The Morgan fingerprint density at radius 3 is 2.19 bits per heavy atom. The summed E-state index contributed by atoms with van der Waals surface area (Å²) in [6, 6.07) is 16.2. The minimum atomic E-state index is -3.26. The van der Waals surface area contributed by atoms with E-state index in [4.69, 9.17) is 4.74 Å². The summed E-state index contributed by atoms with van der Waals surface area (Å²) in [6.07, 6.45) is 5.46. The van der Waals surface area contributed by atoms with Crippen molar-refractivity contribution in [2.45, 2.75) is 49.3 Å². The Hall–Kier alpha value is -3.83. The number of likely N-dealkylation sites (tertiary alicyclic amines) is 2. The second-order valence-electron chi connectivity index (χ2n) is 10.9. The SMILES string of the molecule is CS(=O)(=O)c1ccc(OC2CCN(C(=O)c3ccc(C(=O)NC4CCN(Cc5ccc(F)cc5)CC4)cn3)CC2)cc1. The second kappa shape index (κ2) is 13.0. The van der Waals surface area contributed by atoms with Gasteiger partial charge in [0, 0.05) is 64.1 Å². The first-order chi connectivity index (χ1) is 20.1. The summed E-state index contributed by atoms with van der Waals surface area (Å²) >= 11 is 0. The van der Waals surface area contributed by atoms with E-state index in [2.05, 4.69) is 15.2 Å². The number of aromatic nitrogens is 1. The number of rotatable bonds is 8. The maximum absolute atomic E-state index is 13.1. The molecule has 2 aromatic carbocycles. The lowest BCUT2D eigenvalue weighted by atomic mass is 10.0. The highest BCUT2D eigenvalue weighted by atomic mass is 32.2. The number of carbonyl (C=O) groups excluding carboxylic acids is 2. The number of nitrogens with one attached hydrogen (secondary N) is 1. The predicted octanol–water partition coefficient (Wildman–Crippen LogP) is 3.70. The minimum Gasteiger partial charge on any atom is -0.490 e. The van der Waals surface area contributed by atoms with Gasteiger partial charge in [-0.25, -0.2) is 12.8 Å². The van der Waals surface area contributed by atoms with Crippen molar-refractivity contribution in [3.05, 3.63) is 89.5 Å². The number of benzene rings is 2. The molecule has 0 atom stereocenters. The molecule has 9 nitrogen and oxygen atoms in total. The Bertz CT molecular complexity index is 1480. The summed E-state index contributed by atoms with van der Waals surface area (Å²) in [5.74, 6) is -0.0393. The second-order valence-corrected chi connectivity index (χ2v) is 13.0. The van der Waals surface area contributed by atoms with Crippen molar-refractivity contribution in [2.24, 2.45) is 0 Å². The summed E-state index contributed by atoms with van der Waals surface area (Å²) < 4.78 is 42.4. The van der Waals surface area contributed by atoms with Crippen molar-refractivity contribution in [3.63, 3.8) is 0 Å². The number of ether oxygens (including phenoxy) is 1. The summed E-state index contributed by atoms with van der Waals surface area (Å²) in [5.41, 5.74) is 1.77. The van der Waals surface area contributed by atoms with Crippen molar-refractivity contribution in [3.8, 4) is 5.75 Å². The molecule has 2 aliphatic rings. The van der Waals surface area contributed by atoms with Crippen molar-refractivity contribution >= 4 is 21.7 Å². The van der Waals surface area contributed by atoms with Crippen LogP contribution in [0.1, 0.15) is 52.1 Å². The highest BCUT2D eigenvalue weighted by Crippen LogP contribution is 2.22. The number of carbonyl (C=O) groups is 2. The van der Waals surface area contributed by atoms with Gasteiger partial charge < -0.3 is 15.0 Å². The van der Waals surface area contributed by atoms with E-state index in [0.29, 0.717) is 37.2 Å². The topological polar surface area (TPSA) is 109 Å². The molecule has 11 heteroatoms. The van der Waals surface area contributed by atoms with Crippen LogP contribution in [0.3, 0.4) is 0 Å². The molecular formula is C31H35FN4O5S. The van der Waals surface area contributed by atoms with Crippen molar-refractivity contribution in [1.29, 1.82) is 0 Å². The van der Waals surface area contributed by atoms with Crippen LogP contribution in [0.15, 0.2) is 71.8 Å². The summed E-state index contributed by atoms with van der Waals surface area (Å²) in [6.45, 7) is 3.45. The lowest BCUT2D eigenvalue weighted by Crippen LogP contribution is -2.44. The maximum atomic E-state index is 13.1. The highest BCUT2D eigenvalue weighted by Gasteiger charge is 2.26. The van der Waals surface area contributed by atoms with E-state index in [-0.39, 0.29) is 40.4 Å². The van der Waals surface area contributed by atoms with E-state index in [1.54, 1.807) is 41.3 Å². The van der Waals surface area contributed by atoms with Crippen LogP contribution >= 0.6 is 0 Å². The van der Waals surface area contributed by atoms with Crippen molar-refractivity contribution < 1.29 is 27.1 Å². The molecular weight excluding hydrogens is 559 g/mol. The summed E-state index contributed by atoms with van der Waals surface area (Å²) in [4.78, 5) is 34.4. The molecule has 0 bridgehead atoms. The van der Waals surface area contributed by atoms with Crippen LogP contribution in [0, 0.1) is 5.82 Å². The largest absolute Gasteiger partial charge is 0.490 e. The first kappa shape index (κ1) is 29.7. The number of halogens is 1. The molecule has 222 valence electrons. The summed E-state index contributed by atoms with van der Waals surface area (Å²) in [7, 11) is -3.26. The standard InChI is InChI=1S/C31H35FN4O5S/c1-42(39,40)28-9-7-26(8-10-28)41-27-14-18-36(19-15-27)31(38)29-11-4-23(20-33-29)30(37)34-25-12-16-35(17-13-25)21-22-2-5-24(32)6-3-22/h2-11,20,25,27H,12-19,21H2,1H3,(H,34,37). The van der Waals surface area contributed by atoms with Gasteiger partial charge in [0.15, 0.2) is 9.84 Å². The van der Waals surface area contributed by atoms with Gasteiger partial charge in [-0.3, -0.25) is 19.5 Å². The fourth-order valence-corrected chi connectivity index (χ4v) is 5.93.